The van der Waals surface area contributed by atoms with Crippen molar-refractivity contribution in [1.82, 2.24) is 15.0 Å². The van der Waals surface area contributed by atoms with Crippen LogP contribution in [0.3, 0.4) is 0 Å². The standard InChI is InChI=1S/C21H27N3O3/c1-6-8-25-19-17-20(24-21(23-19)26-9-7-13(2)3)27-18(22-17)16-11-14(4)10-15(5)12-16/h10-13H,6-9H2,1-5H3. The molecule has 0 saturated carbocycles. The molecule has 0 aliphatic heterocycles. The second kappa shape index (κ2) is 8.37. The summed E-state index contributed by atoms with van der Waals surface area (Å²) in [5.41, 5.74) is 4.12. The Balaban J connectivity index is 1.98. The molecule has 0 N–H and O–H groups in total. The van der Waals surface area contributed by atoms with E-state index in [0.29, 0.717) is 42.1 Å². The van der Waals surface area contributed by atoms with Gasteiger partial charge in [0.05, 0.1) is 13.2 Å². The van der Waals surface area contributed by atoms with Crippen LogP contribution in [0, 0.1) is 19.8 Å². The number of nitrogens with zero attached hydrogens (tertiary/aromatic N) is 3. The summed E-state index contributed by atoms with van der Waals surface area (Å²) in [5.74, 6) is 1.46. The first-order valence-corrected chi connectivity index (χ1v) is 9.49. The highest BCUT2D eigenvalue weighted by atomic mass is 16.5. The third-order valence-corrected chi connectivity index (χ3v) is 4.04. The summed E-state index contributed by atoms with van der Waals surface area (Å²) in [5, 5.41) is 0. The van der Waals surface area contributed by atoms with Crippen LogP contribution < -0.4 is 9.47 Å². The molecule has 6 nitrogen and oxygen atoms in total. The minimum atomic E-state index is 0.261. The molecule has 6 heteroatoms. The highest BCUT2D eigenvalue weighted by Gasteiger charge is 2.18. The van der Waals surface area contributed by atoms with Crippen molar-refractivity contribution in [2.75, 3.05) is 13.2 Å². The molecule has 27 heavy (non-hydrogen) atoms. The van der Waals surface area contributed by atoms with Gasteiger partial charge in [-0.3, -0.25) is 0 Å². The van der Waals surface area contributed by atoms with E-state index in [2.05, 4.69) is 48.7 Å². The van der Waals surface area contributed by atoms with Gasteiger partial charge < -0.3 is 13.9 Å². The highest BCUT2D eigenvalue weighted by molar-refractivity contribution is 5.78. The average Bonchev–Trinajstić information content (AvgIpc) is 3.03. The molecule has 1 aromatic carbocycles. The van der Waals surface area contributed by atoms with Gasteiger partial charge in [-0.05, 0) is 44.7 Å². The average molecular weight is 369 g/mol. The maximum absolute atomic E-state index is 5.93. The fourth-order valence-electron chi connectivity index (χ4n) is 2.75. The lowest BCUT2D eigenvalue weighted by Gasteiger charge is -2.08. The molecule has 0 fully saturated rings. The van der Waals surface area contributed by atoms with E-state index in [9.17, 15) is 0 Å². The van der Waals surface area contributed by atoms with Gasteiger partial charge in [-0.2, -0.15) is 9.97 Å². The van der Waals surface area contributed by atoms with Crippen LogP contribution in [0.5, 0.6) is 11.9 Å². The van der Waals surface area contributed by atoms with Gasteiger partial charge in [0.15, 0.2) is 5.52 Å². The van der Waals surface area contributed by atoms with Crippen molar-refractivity contribution < 1.29 is 13.9 Å². The number of benzene rings is 1. The number of aryl methyl sites for hydroxylation is 2. The molecule has 2 heterocycles. The molecule has 2 aromatic heterocycles. The zero-order valence-corrected chi connectivity index (χ0v) is 16.7. The highest BCUT2D eigenvalue weighted by Crippen LogP contribution is 2.30. The van der Waals surface area contributed by atoms with Gasteiger partial charge in [-0.25, -0.2) is 4.98 Å². The Morgan fingerprint density at radius 2 is 1.70 bits per heavy atom. The fourth-order valence-corrected chi connectivity index (χ4v) is 2.75. The van der Waals surface area contributed by atoms with Gasteiger partial charge in [-0.1, -0.05) is 38.0 Å². The van der Waals surface area contributed by atoms with Crippen LogP contribution in [0.25, 0.3) is 22.7 Å². The van der Waals surface area contributed by atoms with Crippen LogP contribution >= 0.6 is 0 Å². The number of rotatable bonds is 8. The van der Waals surface area contributed by atoms with Crippen LogP contribution in [-0.4, -0.2) is 28.2 Å². The van der Waals surface area contributed by atoms with E-state index in [-0.39, 0.29) is 6.01 Å². The number of aromatic nitrogens is 3. The number of ether oxygens (including phenoxy) is 2. The number of oxazole rings is 1. The first-order valence-electron chi connectivity index (χ1n) is 9.49. The summed E-state index contributed by atoms with van der Waals surface area (Å²) in [6.07, 6.45) is 1.80. The van der Waals surface area contributed by atoms with Crippen LogP contribution in [0.1, 0.15) is 44.7 Å². The van der Waals surface area contributed by atoms with Crippen molar-refractivity contribution in [3.63, 3.8) is 0 Å². The number of hydrogen-bond donors (Lipinski definition) is 0. The van der Waals surface area contributed by atoms with Crippen molar-refractivity contribution in [2.24, 2.45) is 5.92 Å². The maximum Gasteiger partial charge on any atom is 0.323 e. The predicted octanol–water partition coefficient (Wildman–Crippen LogP) is 5.12. The minimum Gasteiger partial charge on any atom is -0.476 e. The van der Waals surface area contributed by atoms with Crippen LogP contribution in [0.4, 0.5) is 0 Å². The molecule has 0 aliphatic rings. The van der Waals surface area contributed by atoms with E-state index in [0.717, 1.165) is 29.5 Å². The topological polar surface area (TPSA) is 70.3 Å². The Labute approximate surface area is 159 Å². The van der Waals surface area contributed by atoms with Gasteiger partial charge in [0.25, 0.3) is 11.6 Å². The Morgan fingerprint density at radius 3 is 2.37 bits per heavy atom. The van der Waals surface area contributed by atoms with Crippen LogP contribution in [-0.2, 0) is 0 Å². The van der Waals surface area contributed by atoms with Crippen molar-refractivity contribution in [2.45, 2.75) is 47.5 Å². The summed E-state index contributed by atoms with van der Waals surface area (Å²) in [6, 6.07) is 6.45. The van der Waals surface area contributed by atoms with Crippen LogP contribution in [0.2, 0.25) is 0 Å². The van der Waals surface area contributed by atoms with Gasteiger partial charge in [0.1, 0.15) is 0 Å². The van der Waals surface area contributed by atoms with E-state index < -0.39 is 0 Å². The Bertz CT molecular complexity index is 898. The van der Waals surface area contributed by atoms with E-state index in [1.807, 2.05) is 19.1 Å². The van der Waals surface area contributed by atoms with E-state index in [4.69, 9.17) is 13.9 Å². The largest absolute Gasteiger partial charge is 0.476 e. The molecule has 0 aliphatic carbocycles. The summed E-state index contributed by atoms with van der Waals surface area (Å²) >= 11 is 0. The van der Waals surface area contributed by atoms with Crippen molar-refractivity contribution in [3.8, 4) is 23.3 Å². The summed E-state index contributed by atoms with van der Waals surface area (Å²) in [6.45, 7) is 11.5. The smallest absolute Gasteiger partial charge is 0.323 e. The summed E-state index contributed by atoms with van der Waals surface area (Å²) in [7, 11) is 0. The third-order valence-electron chi connectivity index (χ3n) is 4.04. The van der Waals surface area contributed by atoms with Gasteiger partial charge >= 0.3 is 6.01 Å². The van der Waals surface area contributed by atoms with Crippen LogP contribution in [0.15, 0.2) is 22.6 Å². The molecule has 144 valence electrons. The Morgan fingerprint density at radius 1 is 0.963 bits per heavy atom. The first-order chi connectivity index (χ1) is 13.0. The summed E-state index contributed by atoms with van der Waals surface area (Å²) < 4.78 is 17.4. The number of hydrogen-bond acceptors (Lipinski definition) is 6. The zero-order valence-electron chi connectivity index (χ0n) is 16.7. The Hall–Kier alpha value is -2.63. The van der Waals surface area contributed by atoms with E-state index >= 15 is 0 Å². The van der Waals surface area contributed by atoms with Crippen molar-refractivity contribution >= 4 is 11.2 Å². The quantitative estimate of drug-likeness (QED) is 0.549. The second-order valence-electron chi connectivity index (χ2n) is 7.24. The van der Waals surface area contributed by atoms with Crippen molar-refractivity contribution in [3.05, 3.63) is 29.3 Å². The monoisotopic (exact) mass is 369 g/mol. The molecule has 0 unspecified atom stereocenters. The molecular formula is C21H27N3O3. The molecule has 0 spiro atoms. The molecule has 0 atom stereocenters. The molecule has 0 saturated heterocycles. The zero-order chi connectivity index (χ0) is 19.4. The van der Waals surface area contributed by atoms with Gasteiger partial charge in [0, 0.05) is 5.56 Å². The summed E-state index contributed by atoms with van der Waals surface area (Å²) in [4.78, 5) is 13.4. The lowest BCUT2D eigenvalue weighted by Crippen LogP contribution is -2.06. The molecule has 0 radical (unpaired) electrons. The molecule has 0 bridgehead atoms. The van der Waals surface area contributed by atoms with E-state index in [1.165, 1.54) is 0 Å². The second-order valence-corrected chi connectivity index (χ2v) is 7.24. The number of fused-ring (bicyclic) bond motifs is 1. The Kier molecular flexibility index (Phi) is 5.94. The lowest BCUT2D eigenvalue weighted by molar-refractivity contribution is 0.257. The normalized spacial score (nSPS) is 11.3. The fraction of sp³-hybridized carbons (Fsp3) is 0.476. The maximum atomic E-state index is 5.93. The molecule has 0 amide bonds. The third kappa shape index (κ3) is 4.76. The lowest BCUT2D eigenvalue weighted by atomic mass is 10.1. The van der Waals surface area contributed by atoms with Gasteiger partial charge in [-0.15, -0.1) is 0 Å². The molecule has 3 rings (SSSR count). The first kappa shape index (κ1) is 19.1. The predicted molar refractivity (Wildman–Crippen MR) is 105 cm³/mol. The van der Waals surface area contributed by atoms with Crippen molar-refractivity contribution in [1.29, 1.82) is 0 Å². The molecular weight excluding hydrogens is 342 g/mol. The molecule has 3 aromatic rings. The van der Waals surface area contributed by atoms with E-state index in [1.54, 1.807) is 0 Å². The minimum absolute atomic E-state index is 0.261. The van der Waals surface area contributed by atoms with Gasteiger partial charge in [0.2, 0.25) is 5.89 Å². The SMILES string of the molecule is CCCOc1nc(OCCC(C)C)nc2oc(-c3cc(C)cc(C)c3)nc12.